The van der Waals surface area contributed by atoms with Crippen LogP contribution in [0.1, 0.15) is 0 Å². The maximum atomic E-state index is 11.5. The van der Waals surface area contributed by atoms with Crippen LogP contribution in [-0.4, -0.2) is 41.4 Å². The van der Waals surface area contributed by atoms with Crippen molar-refractivity contribution in [2.24, 2.45) is 0 Å². The lowest BCUT2D eigenvalue weighted by Crippen LogP contribution is -2.40. The van der Waals surface area contributed by atoms with Gasteiger partial charge in [0.2, 0.25) is 0 Å². The molecule has 0 aromatic heterocycles. The summed E-state index contributed by atoms with van der Waals surface area (Å²) >= 11 is 0. The molecule has 2 heterocycles. The minimum Gasteiger partial charge on any atom is -0.273 e. The Hall–Kier alpha value is -3.80. The van der Waals surface area contributed by atoms with Crippen LogP contribution in [0.25, 0.3) is 0 Å². The summed E-state index contributed by atoms with van der Waals surface area (Å²) in [4.78, 5) is 11.0. The second kappa shape index (κ2) is 5.85. The van der Waals surface area contributed by atoms with Gasteiger partial charge in [0.05, 0.1) is 16.7 Å². The van der Waals surface area contributed by atoms with Crippen molar-refractivity contribution >= 4 is 45.5 Å². The smallest absolute Gasteiger partial charge is 0.273 e. The molecule has 0 unspecified atom stereocenters. The minimum atomic E-state index is -0.489. The van der Waals surface area contributed by atoms with Gasteiger partial charge in [-0.15, -0.1) is 15.7 Å². The van der Waals surface area contributed by atoms with E-state index < -0.39 is 4.92 Å². The predicted molar refractivity (Wildman–Crippen MR) is 88.3 cm³/mol. The molecular weight excluding hydrogens is 384 g/mol. The Balaban J connectivity index is 1.86. The van der Waals surface area contributed by atoms with Gasteiger partial charge < -0.3 is 0 Å². The molecule has 0 spiro atoms. The zero-order valence-electron chi connectivity index (χ0n) is 13.5. The van der Waals surface area contributed by atoms with Gasteiger partial charge >= 0.3 is 5.69 Å². The normalized spacial score (nSPS) is 13.4. The molecule has 0 fully saturated rings. The van der Waals surface area contributed by atoms with E-state index in [1.165, 1.54) is 22.4 Å². The Kier molecular flexibility index (Phi) is 3.68. The summed E-state index contributed by atoms with van der Waals surface area (Å²) in [5.41, 5.74) is 4.82. The Morgan fingerprint density at radius 3 is 1.75 bits per heavy atom. The SMILES string of the molecule is O=[N+](O)c1cc(N(O)O)cc2c1NN1c3cc(N(O)O)cc(N(O)O)c3NN21. The summed E-state index contributed by atoms with van der Waals surface area (Å²) in [5, 5.41) is 67.0. The second-order valence-corrected chi connectivity index (χ2v) is 5.71. The first-order valence-electron chi connectivity index (χ1n) is 7.38. The summed E-state index contributed by atoms with van der Waals surface area (Å²) in [6, 6.07) is 4.49. The lowest BCUT2D eigenvalue weighted by Gasteiger charge is -2.21. The van der Waals surface area contributed by atoms with Crippen LogP contribution in [0.2, 0.25) is 0 Å². The van der Waals surface area contributed by atoms with E-state index in [0.29, 0.717) is 0 Å². The molecule has 2 aliphatic rings. The Bertz CT molecular complexity index is 983. The fraction of sp³-hybridized carbons (Fsp3) is 0. The van der Waals surface area contributed by atoms with Gasteiger partial charge in [-0.2, -0.15) is 10.2 Å². The van der Waals surface area contributed by atoms with Crippen LogP contribution >= 0.6 is 0 Å². The summed E-state index contributed by atoms with van der Waals surface area (Å²) in [6.07, 6.45) is 0. The van der Waals surface area contributed by atoms with Crippen LogP contribution in [0.3, 0.4) is 0 Å². The lowest BCUT2D eigenvalue weighted by atomic mass is 10.2. The Morgan fingerprint density at radius 2 is 1.25 bits per heavy atom. The van der Waals surface area contributed by atoms with Crippen molar-refractivity contribution in [2.75, 3.05) is 36.8 Å². The van der Waals surface area contributed by atoms with Gasteiger partial charge in [-0.05, 0) is 18.2 Å². The molecular formula is C12H13N8O8+. The van der Waals surface area contributed by atoms with E-state index >= 15 is 0 Å². The van der Waals surface area contributed by atoms with Crippen molar-refractivity contribution in [2.45, 2.75) is 0 Å². The third-order valence-corrected chi connectivity index (χ3v) is 4.14. The number of anilines is 7. The number of nitrogens with one attached hydrogen (secondary N) is 2. The van der Waals surface area contributed by atoms with Crippen LogP contribution in [0.4, 0.5) is 45.5 Å². The number of rotatable bonds is 4. The highest BCUT2D eigenvalue weighted by Crippen LogP contribution is 2.52. The van der Waals surface area contributed by atoms with Gasteiger partial charge in [0.25, 0.3) is 4.92 Å². The lowest BCUT2D eigenvalue weighted by molar-refractivity contribution is -0.729. The van der Waals surface area contributed by atoms with E-state index in [-0.39, 0.29) is 61.2 Å². The van der Waals surface area contributed by atoms with E-state index in [0.717, 1.165) is 12.1 Å². The average Bonchev–Trinajstić information content (AvgIpc) is 3.15. The molecule has 148 valence electrons. The van der Waals surface area contributed by atoms with Crippen LogP contribution in [-0.2, 0) is 0 Å². The van der Waals surface area contributed by atoms with E-state index in [9.17, 15) is 41.4 Å². The second-order valence-electron chi connectivity index (χ2n) is 5.71. The predicted octanol–water partition coefficient (Wildman–Crippen LogP) is 1.15. The third-order valence-electron chi connectivity index (χ3n) is 4.14. The van der Waals surface area contributed by atoms with Crippen molar-refractivity contribution in [3.63, 3.8) is 0 Å². The van der Waals surface area contributed by atoms with Crippen molar-refractivity contribution in [1.29, 1.82) is 0 Å². The number of hydrogen-bond donors (Lipinski definition) is 9. The first-order valence-corrected chi connectivity index (χ1v) is 7.38. The molecule has 0 bridgehead atoms. The van der Waals surface area contributed by atoms with Gasteiger partial charge in [0.15, 0.2) is 5.69 Å². The first-order chi connectivity index (χ1) is 13.2. The molecule has 28 heavy (non-hydrogen) atoms. The van der Waals surface area contributed by atoms with Crippen LogP contribution in [0.15, 0.2) is 24.3 Å². The van der Waals surface area contributed by atoms with Crippen molar-refractivity contribution < 1.29 is 41.4 Å². The molecule has 16 heteroatoms. The van der Waals surface area contributed by atoms with Gasteiger partial charge in [-0.1, -0.05) is 0 Å². The van der Waals surface area contributed by atoms with E-state index in [1.54, 1.807) is 0 Å². The molecule has 0 saturated carbocycles. The van der Waals surface area contributed by atoms with E-state index in [4.69, 9.17) is 0 Å². The molecule has 16 nitrogen and oxygen atoms in total. The van der Waals surface area contributed by atoms with E-state index in [2.05, 4.69) is 10.9 Å². The van der Waals surface area contributed by atoms with Crippen LogP contribution < -0.4 is 36.8 Å². The molecule has 0 aliphatic carbocycles. The highest BCUT2D eigenvalue weighted by atomic mass is 16.8. The maximum Gasteiger partial charge on any atom is 0.345 e. The third kappa shape index (κ3) is 2.42. The molecule has 9 N–H and O–H groups in total. The zero-order chi connectivity index (χ0) is 20.3. The van der Waals surface area contributed by atoms with Gasteiger partial charge in [0, 0.05) is 0 Å². The van der Waals surface area contributed by atoms with Crippen molar-refractivity contribution in [3.8, 4) is 0 Å². The van der Waals surface area contributed by atoms with Crippen molar-refractivity contribution in [1.82, 2.24) is 0 Å². The maximum absolute atomic E-state index is 11.5. The van der Waals surface area contributed by atoms with Gasteiger partial charge in [0.1, 0.15) is 28.4 Å². The van der Waals surface area contributed by atoms with Gasteiger partial charge in [-0.3, -0.25) is 42.1 Å². The first kappa shape index (κ1) is 17.6. The topological polar surface area (TPSA) is 202 Å². The molecule has 0 atom stereocenters. The molecule has 0 radical (unpaired) electrons. The highest BCUT2D eigenvalue weighted by molar-refractivity contribution is 6.00. The van der Waals surface area contributed by atoms with Gasteiger partial charge in [-0.25, -0.2) is 5.21 Å². The number of fused-ring (bicyclic) bond motifs is 5. The van der Waals surface area contributed by atoms with Crippen LogP contribution in [0, 0.1) is 4.91 Å². The number of hydrogen-bond acceptors (Lipinski definition) is 14. The molecule has 2 aromatic rings. The molecule has 2 aromatic carbocycles. The Labute approximate surface area is 153 Å². The number of hydrazine groups is 3. The van der Waals surface area contributed by atoms with Crippen LogP contribution in [0.5, 0.6) is 0 Å². The summed E-state index contributed by atoms with van der Waals surface area (Å²) in [5.74, 6) is 0. The molecule has 4 rings (SSSR count). The quantitative estimate of drug-likeness (QED) is 0.332. The summed E-state index contributed by atoms with van der Waals surface area (Å²) in [7, 11) is 0. The monoisotopic (exact) mass is 397 g/mol. The number of nitrogens with zero attached hydrogens (tertiary/aromatic N) is 6. The molecule has 2 aliphatic heterocycles. The van der Waals surface area contributed by atoms with Crippen molar-refractivity contribution in [3.05, 3.63) is 29.2 Å². The minimum absolute atomic E-state index is 0.0582. The summed E-state index contributed by atoms with van der Waals surface area (Å²) in [6.45, 7) is 0. The Morgan fingerprint density at radius 1 is 0.750 bits per heavy atom. The van der Waals surface area contributed by atoms with E-state index in [1.807, 2.05) is 0 Å². The molecule has 0 amide bonds. The molecule has 0 saturated heterocycles. The zero-order valence-corrected chi connectivity index (χ0v) is 13.5. The average molecular weight is 397 g/mol. The summed E-state index contributed by atoms with van der Waals surface area (Å²) < 4.78 is 0. The number of benzene rings is 2. The largest absolute Gasteiger partial charge is 0.345 e. The standard InChI is InChI=1S/C12H13N8O8/c21-17(22)5-1-7-11(9(3-5)19(25)26)13-16-8-2-6(18(23)24)4-10(20(27)28)12(8)14-15(7)16/h1-4,13-14,21-26H,(H,27,28)/q+1. The highest BCUT2D eigenvalue weighted by Gasteiger charge is 2.42. The fourth-order valence-corrected chi connectivity index (χ4v) is 2.95. The fourth-order valence-electron chi connectivity index (χ4n) is 2.95.